The number of carbonyl (C=O) groups is 1. The minimum absolute atomic E-state index is 0.0845. The molecule has 5 rings (SSSR count). The number of aliphatic hydroxyl groups is 1. The number of β-amino-alcohol motifs (C(OH)–C–C–N with tert-alkyl or cyclic N) is 1. The maximum Gasteiger partial charge on any atom is 0.231 e. The van der Waals surface area contributed by atoms with Crippen molar-refractivity contribution in [2.24, 2.45) is 0 Å². The van der Waals surface area contributed by atoms with E-state index in [4.69, 9.17) is 18.9 Å². The predicted molar refractivity (Wildman–Crippen MR) is 120 cm³/mol. The van der Waals surface area contributed by atoms with Crippen molar-refractivity contribution in [2.45, 2.75) is 50.2 Å². The molecular weight excluding hydrogens is 426 g/mol. The highest BCUT2D eigenvalue weighted by Gasteiger charge is 2.38. The van der Waals surface area contributed by atoms with Crippen molar-refractivity contribution in [1.82, 2.24) is 14.7 Å². The lowest BCUT2D eigenvalue weighted by molar-refractivity contribution is -0.161. The highest BCUT2D eigenvalue weighted by Crippen LogP contribution is 2.34. The second-order valence-electron chi connectivity index (χ2n) is 9.64. The molecule has 1 aromatic carbocycles. The fourth-order valence-electron chi connectivity index (χ4n) is 5.28. The van der Waals surface area contributed by atoms with Gasteiger partial charge in [-0.3, -0.25) is 9.69 Å². The van der Waals surface area contributed by atoms with Crippen LogP contribution >= 0.6 is 0 Å². The minimum atomic E-state index is -0.545. The van der Waals surface area contributed by atoms with Gasteiger partial charge in [0.1, 0.15) is 0 Å². The molecule has 1 aromatic rings. The van der Waals surface area contributed by atoms with Crippen molar-refractivity contribution in [3.63, 3.8) is 0 Å². The number of ether oxygens (including phenoxy) is 4. The monoisotopic (exact) mass is 461 g/mol. The van der Waals surface area contributed by atoms with E-state index in [1.807, 2.05) is 23.1 Å². The van der Waals surface area contributed by atoms with E-state index in [0.29, 0.717) is 26.1 Å². The second-order valence-corrected chi connectivity index (χ2v) is 9.64. The van der Waals surface area contributed by atoms with E-state index in [2.05, 4.69) is 16.8 Å². The van der Waals surface area contributed by atoms with Crippen LogP contribution in [0, 0.1) is 0 Å². The Hall–Kier alpha value is -1.91. The molecule has 4 heterocycles. The molecule has 0 saturated carbocycles. The van der Waals surface area contributed by atoms with Crippen molar-refractivity contribution in [2.75, 3.05) is 59.8 Å². The van der Waals surface area contributed by atoms with Crippen LogP contribution in [0.1, 0.15) is 24.8 Å². The Balaban J connectivity index is 1.23. The number of piperazine rings is 1. The minimum Gasteiger partial charge on any atom is -0.454 e. The molecule has 0 aliphatic carbocycles. The van der Waals surface area contributed by atoms with Crippen LogP contribution in [0.2, 0.25) is 0 Å². The number of amides is 1. The Morgan fingerprint density at radius 2 is 1.91 bits per heavy atom. The van der Waals surface area contributed by atoms with Crippen LogP contribution in [0.4, 0.5) is 0 Å². The maximum absolute atomic E-state index is 12.8. The van der Waals surface area contributed by atoms with E-state index < -0.39 is 6.10 Å². The quantitative estimate of drug-likeness (QED) is 0.701. The van der Waals surface area contributed by atoms with Gasteiger partial charge in [0.2, 0.25) is 12.7 Å². The molecule has 4 aliphatic rings. The molecule has 0 radical (unpaired) electrons. The molecule has 0 bridgehead atoms. The summed E-state index contributed by atoms with van der Waals surface area (Å²) in [4.78, 5) is 19.3. The third-order valence-electron chi connectivity index (χ3n) is 7.17. The molecule has 1 N–H and O–H groups in total. The van der Waals surface area contributed by atoms with Crippen LogP contribution < -0.4 is 9.47 Å². The van der Waals surface area contributed by atoms with Crippen molar-refractivity contribution in [1.29, 1.82) is 0 Å². The van der Waals surface area contributed by atoms with Gasteiger partial charge in [0, 0.05) is 45.3 Å². The topological polar surface area (TPSA) is 83.9 Å². The van der Waals surface area contributed by atoms with Crippen LogP contribution in [0.3, 0.4) is 0 Å². The zero-order valence-electron chi connectivity index (χ0n) is 19.4. The highest BCUT2D eigenvalue weighted by molar-refractivity contribution is 5.76. The molecular formula is C24H35N3O6. The molecule has 3 saturated heterocycles. The fourth-order valence-corrected chi connectivity index (χ4v) is 5.28. The molecule has 0 spiro atoms. The van der Waals surface area contributed by atoms with Gasteiger partial charge in [0.05, 0.1) is 37.9 Å². The van der Waals surface area contributed by atoms with E-state index in [-0.39, 0.29) is 37.6 Å². The Morgan fingerprint density at radius 3 is 2.76 bits per heavy atom. The SMILES string of the molecule is CN1CCN(C(=O)C[C@@H]2CC[C@H]3[C@@H](COC[C@@H](O)CN3Cc3ccc4c(c3)OCO4)O2)CC1. The number of hydrogen-bond acceptors (Lipinski definition) is 8. The zero-order valence-corrected chi connectivity index (χ0v) is 19.4. The standard InChI is InChI=1S/C24H35N3O6/c1-25-6-8-26(9-7-25)24(29)11-19-3-4-20-23(33-19)15-30-14-18(28)13-27(20)12-17-2-5-21-22(10-17)32-16-31-21/h2,5,10,18-20,23,28H,3-4,6-9,11-16H2,1H3/t18-,19-,20-,23+/m0/s1. The van der Waals surface area contributed by atoms with E-state index in [0.717, 1.165) is 56.1 Å². The summed E-state index contributed by atoms with van der Waals surface area (Å²) in [6, 6.07) is 6.13. The number of nitrogens with zero attached hydrogens (tertiary/aromatic N) is 3. The summed E-state index contributed by atoms with van der Waals surface area (Å²) >= 11 is 0. The molecule has 182 valence electrons. The number of rotatable bonds is 4. The van der Waals surface area contributed by atoms with Gasteiger partial charge >= 0.3 is 0 Å². The molecule has 9 nitrogen and oxygen atoms in total. The molecule has 4 aliphatic heterocycles. The van der Waals surface area contributed by atoms with Crippen LogP contribution in [0.15, 0.2) is 18.2 Å². The van der Waals surface area contributed by atoms with Gasteiger partial charge in [-0.2, -0.15) is 0 Å². The van der Waals surface area contributed by atoms with Gasteiger partial charge in [-0.25, -0.2) is 0 Å². The van der Waals surface area contributed by atoms with Gasteiger partial charge in [-0.15, -0.1) is 0 Å². The first kappa shape index (κ1) is 22.9. The summed E-state index contributed by atoms with van der Waals surface area (Å²) in [5.41, 5.74) is 1.11. The fraction of sp³-hybridized carbons (Fsp3) is 0.708. The summed E-state index contributed by atoms with van der Waals surface area (Å²) < 4.78 is 23.2. The summed E-state index contributed by atoms with van der Waals surface area (Å²) in [6.45, 7) is 5.60. The lowest BCUT2D eigenvalue weighted by atomic mass is 9.94. The van der Waals surface area contributed by atoms with E-state index in [9.17, 15) is 9.90 Å². The number of benzene rings is 1. The Kier molecular flexibility index (Phi) is 7.03. The Morgan fingerprint density at radius 1 is 1.09 bits per heavy atom. The lowest BCUT2D eigenvalue weighted by Crippen LogP contribution is -2.55. The van der Waals surface area contributed by atoms with E-state index in [1.165, 1.54) is 0 Å². The first-order valence-electron chi connectivity index (χ1n) is 12.1. The third kappa shape index (κ3) is 5.44. The number of fused-ring (bicyclic) bond motifs is 2. The van der Waals surface area contributed by atoms with Crippen LogP contribution in [-0.2, 0) is 20.8 Å². The molecule has 0 aromatic heterocycles. The average molecular weight is 462 g/mol. The summed E-state index contributed by atoms with van der Waals surface area (Å²) in [5, 5.41) is 10.4. The number of hydrogen-bond donors (Lipinski definition) is 1. The molecule has 3 fully saturated rings. The third-order valence-corrected chi connectivity index (χ3v) is 7.17. The van der Waals surface area contributed by atoms with Crippen LogP contribution in [-0.4, -0.2) is 110 Å². The first-order chi connectivity index (χ1) is 16.0. The maximum atomic E-state index is 12.8. The van der Waals surface area contributed by atoms with Gasteiger partial charge in [0.25, 0.3) is 0 Å². The predicted octanol–water partition coefficient (Wildman–Crippen LogP) is 0.689. The second kappa shape index (κ2) is 10.1. The highest BCUT2D eigenvalue weighted by atomic mass is 16.7. The van der Waals surface area contributed by atoms with Crippen molar-refractivity contribution >= 4 is 5.91 Å². The van der Waals surface area contributed by atoms with Gasteiger partial charge in [-0.05, 0) is 37.6 Å². The average Bonchev–Trinajstić information content (AvgIpc) is 3.26. The van der Waals surface area contributed by atoms with Crippen molar-refractivity contribution in [3.05, 3.63) is 23.8 Å². The Bertz CT molecular complexity index is 830. The Labute approximate surface area is 195 Å². The number of carbonyl (C=O) groups excluding carboxylic acids is 1. The normalized spacial score (nSPS) is 31.0. The van der Waals surface area contributed by atoms with Crippen LogP contribution in [0.25, 0.3) is 0 Å². The molecule has 1 amide bonds. The van der Waals surface area contributed by atoms with Gasteiger partial charge in [0.15, 0.2) is 11.5 Å². The largest absolute Gasteiger partial charge is 0.454 e. The molecule has 9 heteroatoms. The van der Waals surface area contributed by atoms with Crippen molar-refractivity contribution < 1.29 is 28.8 Å². The summed E-state index contributed by atoms with van der Waals surface area (Å²) in [7, 11) is 2.09. The molecule has 33 heavy (non-hydrogen) atoms. The zero-order chi connectivity index (χ0) is 22.8. The number of aliphatic hydroxyl groups excluding tert-OH is 1. The van der Waals surface area contributed by atoms with Gasteiger partial charge in [-0.1, -0.05) is 6.07 Å². The van der Waals surface area contributed by atoms with Gasteiger partial charge < -0.3 is 33.9 Å². The molecule has 0 unspecified atom stereocenters. The van der Waals surface area contributed by atoms with Crippen LogP contribution in [0.5, 0.6) is 11.5 Å². The first-order valence-corrected chi connectivity index (χ1v) is 12.1. The smallest absolute Gasteiger partial charge is 0.231 e. The van der Waals surface area contributed by atoms with E-state index in [1.54, 1.807) is 0 Å². The summed E-state index contributed by atoms with van der Waals surface area (Å²) in [5.74, 6) is 1.72. The van der Waals surface area contributed by atoms with Crippen molar-refractivity contribution in [3.8, 4) is 11.5 Å². The lowest BCUT2D eigenvalue weighted by Gasteiger charge is -2.45. The molecule has 4 atom stereocenters. The van der Waals surface area contributed by atoms with E-state index >= 15 is 0 Å². The number of likely N-dealkylation sites (N-methyl/N-ethyl adjacent to an activating group) is 1. The summed E-state index contributed by atoms with van der Waals surface area (Å²) in [6.07, 6.45) is 1.42.